The molecule has 0 bridgehead atoms. The van der Waals surface area contributed by atoms with Crippen molar-refractivity contribution < 1.29 is 86.6 Å². The van der Waals surface area contributed by atoms with Crippen LogP contribution in [-0.2, 0) is 107 Å². The van der Waals surface area contributed by atoms with E-state index in [2.05, 4.69) is 73.1 Å². The van der Waals surface area contributed by atoms with Gasteiger partial charge < -0.3 is 115 Å². The lowest BCUT2D eigenvalue weighted by Crippen LogP contribution is -2.62. The van der Waals surface area contributed by atoms with Crippen LogP contribution in [0.25, 0.3) is 21.8 Å². The lowest BCUT2D eigenvalue weighted by atomic mass is 10.00. The van der Waals surface area contributed by atoms with Gasteiger partial charge in [0, 0.05) is 119 Å². The van der Waals surface area contributed by atoms with Gasteiger partial charge in [0.15, 0.2) is 0 Å². The second-order valence-electron chi connectivity index (χ2n) is 32.4. The minimum Gasteiger partial charge on any atom is -0.394 e. The van der Waals surface area contributed by atoms with Crippen LogP contribution < -0.4 is 70.4 Å². The van der Waals surface area contributed by atoms with Crippen LogP contribution in [0.1, 0.15) is 121 Å². The van der Waals surface area contributed by atoms with Gasteiger partial charge in [0.1, 0.15) is 78.5 Å². The second kappa shape index (κ2) is 48.1. The Bertz CT molecular complexity index is 4870. The normalized spacial score (nSPS) is 24.0. The molecule has 41 heteroatoms. The second-order valence-corrected chi connectivity index (χ2v) is 33.4. The molecule has 3 aromatic carbocycles. The highest BCUT2D eigenvalue weighted by molar-refractivity contribution is 8.00. The quantitative estimate of drug-likeness (QED) is 0.0317. The molecule has 20 N–H and O–H groups in total. The van der Waals surface area contributed by atoms with E-state index in [1.807, 2.05) is 13.8 Å². The number of fused-ring (bicyclic) bond motifs is 3. The molecule has 2 saturated heterocycles. The number of carbonyl (C=O) groups excluding carboxylic acids is 17. The Labute approximate surface area is 739 Å². The summed E-state index contributed by atoms with van der Waals surface area (Å²) in [6.07, 6.45) is 6.29. The van der Waals surface area contributed by atoms with Crippen molar-refractivity contribution in [3.63, 3.8) is 0 Å². The first-order valence-corrected chi connectivity index (χ1v) is 43.6. The first-order valence-electron chi connectivity index (χ1n) is 42.5. The van der Waals surface area contributed by atoms with Crippen molar-refractivity contribution in [1.82, 2.24) is 97.6 Å². The fourth-order valence-corrected chi connectivity index (χ4v) is 16.1. The summed E-state index contributed by atoms with van der Waals surface area (Å²) < 4.78 is 0. The predicted octanol–water partition coefficient (Wildman–Crippen LogP) is -2.44. The third-order valence-electron chi connectivity index (χ3n) is 22.4. The molecule has 40 nitrogen and oxygen atoms in total. The van der Waals surface area contributed by atoms with E-state index in [0.717, 1.165) is 36.3 Å². The number of nitrogens with one attached hydrogen (secondary N) is 13. The number of hydrogen-bond donors (Lipinski definition) is 17. The van der Waals surface area contributed by atoms with Crippen LogP contribution in [0.2, 0.25) is 0 Å². The van der Waals surface area contributed by atoms with E-state index in [1.54, 1.807) is 105 Å². The number of primary amides is 2. The predicted molar refractivity (Wildman–Crippen MR) is 470 cm³/mol. The number of imidazole rings is 1. The highest BCUT2D eigenvalue weighted by Gasteiger charge is 2.44. The van der Waals surface area contributed by atoms with Crippen molar-refractivity contribution in [3.8, 4) is 0 Å². The molecular weight excluding hydrogens is 1660 g/mol. The molecule has 0 saturated carbocycles. The van der Waals surface area contributed by atoms with E-state index in [1.165, 1.54) is 47.6 Å². The number of amides is 17. The largest absolute Gasteiger partial charge is 0.394 e. The molecule has 8 rings (SSSR count). The molecule has 6 aromatic rings. The van der Waals surface area contributed by atoms with Gasteiger partial charge in [-0.1, -0.05) is 120 Å². The molecule has 2 aliphatic rings. The van der Waals surface area contributed by atoms with Crippen LogP contribution in [0.15, 0.2) is 104 Å². The molecule has 2 aliphatic heterocycles. The number of unbranched alkanes of at least 4 members (excludes halogenated alkanes) is 2. The number of carbonyl (C=O) groups is 17. The summed E-state index contributed by atoms with van der Waals surface area (Å²) in [5, 5.41) is 38.6. The molecule has 17 amide bonds. The summed E-state index contributed by atoms with van der Waals surface area (Å²) in [4.78, 5) is 265. The van der Waals surface area contributed by atoms with E-state index in [-0.39, 0.29) is 70.3 Å². The van der Waals surface area contributed by atoms with Crippen LogP contribution in [0.4, 0.5) is 0 Å². The molecule has 13 atom stereocenters. The number of H-pyrrole nitrogens is 3. The molecule has 0 spiro atoms. The Morgan fingerprint density at radius 3 is 1.66 bits per heavy atom. The highest BCUT2D eigenvalue weighted by atomic mass is 32.2. The molecule has 1 unspecified atom stereocenters. The Balaban J connectivity index is 1.16. The summed E-state index contributed by atoms with van der Waals surface area (Å²) >= 11 is 0.794. The zero-order valence-corrected chi connectivity index (χ0v) is 73.8. The van der Waals surface area contributed by atoms with Crippen LogP contribution in [0.3, 0.4) is 0 Å². The zero-order valence-electron chi connectivity index (χ0n) is 73.0. The summed E-state index contributed by atoms with van der Waals surface area (Å²) in [5.74, 6) is -16.6. The third-order valence-corrected chi connectivity index (χ3v) is 23.4. The number of thioether (sulfide) groups is 1. The number of para-hydroxylation sites is 2. The van der Waals surface area contributed by atoms with Gasteiger partial charge in [0.05, 0.1) is 38.2 Å². The van der Waals surface area contributed by atoms with Crippen LogP contribution in [-0.4, -0.2) is 301 Å². The van der Waals surface area contributed by atoms with E-state index < -0.39 is 223 Å². The molecule has 688 valence electrons. The SMILES string of the molecule is CCCC[C@H]1C(=O)N(C)[C@@H](CCCC)C(=O)N[C@@H](CN)C(=O)N[C@H](C(=O)NCC(N)=O)CSCC(=O)NC(Cc2ccccc2)C(=O)N(C)[C@@H](C)C(=O)N[C@@H](CC(N)=O)C(=O)N2CCC[C@H]2C(=O)N[C@@H](Cc2cnc[nH]2)C(=O)N[C@@H](CC(C)C)C(=O)N(C)CC(=O)N[C@@H](Cc2c[nH]c3ccccc23)C(=O)N[C@@H](CO)C(=O)N[C@@H](Cc2c[nH]c3ccccc23)C(=O)N1C. The smallest absolute Gasteiger partial charge is 0.246 e. The molecular formula is C86H120N22O18S. The molecule has 0 aliphatic carbocycles. The standard InChI is InChI=1S/C86H120N22O18S/c1-10-12-28-67-80(120)101-64(38-87)78(118)103-66(75(115)93-42-71(89)111)45-127-46-73(113)96-61(33-50-22-15-14-16-23-50)83(123)105(7)49(5)74(114)98-63(37-70(88)110)85(125)108-31-21-30-68(108)81(121)97-59(36-53-41-90-47-94-53)77(117)99-60(32-48(3)4)82(122)104(6)43-72(112)95-58(34-51-39-91-56-26-19-17-24-54(51)56)76(116)102-65(44-109)79(119)100-62(35-52-40-92-57-27-20-18-25-55(52)57)84(124)107(9)69(29-13-11-2)86(126)106(67)8/h14-20,22-27,39-41,47-49,58-69,91-92,109H,10-13,21,28-38,42-46,87H2,1-9H3,(H2,88,110)(H2,89,111)(H,90,94)(H,93,115)(H,95,112)(H,96,113)(H,97,121)(H,98,114)(H,99,117)(H,100,119)(H,101,120)(H,102,116)(H,103,118)/t49-,58-,59-,60-,61?,62-,63-,64-,65-,66-,67-,68-,69-/m0/s1. The summed E-state index contributed by atoms with van der Waals surface area (Å²) in [5.41, 5.74) is 20.6. The van der Waals surface area contributed by atoms with Crippen molar-refractivity contribution in [2.45, 2.75) is 203 Å². The number of aliphatic hydroxyl groups excluding tert-OH is 1. The Morgan fingerprint density at radius 2 is 1.07 bits per heavy atom. The fourth-order valence-electron chi connectivity index (χ4n) is 15.2. The van der Waals surface area contributed by atoms with Crippen molar-refractivity contribution >= 4 is 134 Å². The van der Waals surface area contributed by atoms with Crippen molar-refractivity contribution in [1.29, 1.82) is 0 Å². The van der Waals surface area contributed by atoms with E-state index in [9.17, 15) is 72.2 Å². The first kappa shape index (κ1) is 99.6. The number of nitrogens with two attached hydrogens (primary N) is 3. The summed E-state index contributed by atoms with van der Waals surface area (Å²) in [7, 11) is 5.24. The van der Waals surface area contributed by atoms with E-state index in [4.69, 9.17) is 17.2 Å². The van der Waals surface area contributed by atoms with Gasteiger partial charge in [0.25, 0.3) is 0 Å². The molecule has 0 radical (unpaired) electrons. The van der Waals surface area contributed by atoms with Gasteiger partial charge in [-0.2, -0.15) is 0 Å². The lowest BCUT2D eigenvalue weighted by Gasteiger charge is -2.36. The number of benzene rings is 3. The topological polar surface area (TPSA) is 585 Å². The minimum atomic E-state index is -1.84. The number of aromatic nitrogens is 4. The van der Waals surface area contributed by atoms with Gasteiger partial charge in [-0.25, -0.2) is 4.98 Å². The first-order chi connectivity index (χ1) is 60.6. The van der Waals surface area contributed by atoms with Crippen LogP contribution in [0.5, 0.6) is 0 Å². The number of aliphatic hydroxyl groups is 1. The number of rotatable bonds is 23. The van der Waals surface area contributed by atoms with Gasteiger partial charge in [-0.15, -0.1) is 11.8 Å². The van der Waals surface area contributed by atoms with E-state index in [0.29, 0.717) is 69.9 Å². The molecule has 3 aromatic heterocycles. The van der Waals surface area contributed by atoms with Crippen LogP contribution in [0, 0.1) is 5.92 Å². The van der Waals surface area contributed by atoms with Crippen molar-refractivity contribution in [3.05, 3.63) is 126 Å². The van der Waals surface area contributed by atoms with Gasteiger partial charge in [-0.3, -0.25) is 81.5 Å². The Kier molecular flexibility index (Phi) is 37.7. The van der Waals surface area contributed by atoms with Crippen molar-refractivity contribution in [2.24, 2.45) is 23.1 Å². The molecule has 5 heterocycles. The Morgan fingerprint density at radius 1 is 0.543 bits per heavy atom. The van der Waals surface area contributed by atoms with Crippen molar-refractivity contribution in [2.75, 3.05) is 72.5 Å². The summed E-state index contributed by atoms with van der Waals surface area (Å²) in [6, 6.07) is 3.00. The minimum absolute atomic E-state index is 0.00957. The molecule has 127 heavy (non-hydrogen) atoms. The average Bonchev–Trinajstić information content (AvgIpc) is 1.73. The fraction of sp³-hybridized carbons (Fsp3) is 0.512. The zero-order chi connectivity index (χ0) is 92.9. The van der Waals surface area contributed by atoms with Gasteiger partial charge >= 0.3 is 0 Å². The van der Waals surface area contributed by atoms with E-state index >= 15 is 14.4 Å². The summed E-state index contributed by atoms with van der Waals surface area (Å²) in [6.45, 7) is 5.38. The highest BCUT2D eigenvalue weighted by Crippen LogP contribution is 2.26. The number of likely N-dealkylation sites (N-methyl/N-ethyl adjacent to an activating group) is 4. The maximum absolute atomic E-state index is 15.6. The van der Waals surface area contributed by atoms with Gasteiger partial charge in [-0.05, 0) is 73.8 Å². The third kappa shape index (κ3) is 28.1. The average molecular weight is 1780 g/mol. The number of aromatic amines is 3. The maximum Gasteiger partial charge on any atom is 0.246 e. The van der Waals surface area contributed by atoms with Crippen LogP contribution >= 0.6 is 11.8 Å². The number of nitrogens with zero attached hydrogens (tertiary/aromatic N) is 6. The maximum atomic E-state index is 15.6. The number of hydrogen-bond acceptors (Lipinski definition) is 21. The Hall–Kier alpha value is -12.8. The monoisotopic (exact) mass is 1780 g/mol. The lowest BCUT2D eigenvalue weighted by molar-refractivity contribution is -0.149. The molecule has 2 fully saturated rings. The van der Waals surface area contributed by atoms with Gasteiger partial charge in [0.2, 0.25) is 100 Å².